The number of nitrogens with one attached hydrogen (secondary N) is 1. The number of carboxylic acids is 1. The van der Waals surface area contributed by atoms with Gasteiger partial charge in [0.25, 0.3) is 11.8 Å². The zero-order chi connectivity index (χ0) is 22.8. The summed E-state index contributed by atoms with van der Waals surface area (Å²) in [5, 5.41) is 17.8. The SMILES string of the molecule is CON=C(C(=O)N[C@@H]1C(=O)N2C(C(=O)O)=C(CSC3CCOC3)CS[C@H]12)c1csc(N)n1. The summed E-state index contributed by atoms with van der Waals surface area (Å²) in [6.07, 6.45) is 0.933. The molecule has 14 heteroatoms. The van der Waals surface area contributed by atoms with Gasteiger partial charge in [-0.05, 0) is 12.0 Å². The maximum atomic E-state index is 12.8. The Morgan fingerprint density at radius 3 is 2.97 bits per heavy atom. The zero-order valence-corrected chi connectivity index (χ0v) is 19.4. The Hall–Kier alpha value is -2.29. The molecular formula is C18H21N5O6S3. The molecule has 1 aromatic rings. The topological polar surface area (TPSA) is 156 Å². The van der Waals surface area contributed by atoms with Crippen molar-refractivity contribution in [1.82, 2.24) is 15.2 Å². The van der Waals surface area contributed by atoms with Crippen molar-refractivity contribution in [3.8, 4) is 0 Å². The van der Waals surface area contributed by atoms with E-state index in [1.807, 2.05) is 0 Å². The third-order valence-corrected chi connectivity index (χ3v) is 8.45. The first-order valence-electron chi connectivity index (χ1n) is 9.63. The monoisotopic (exact) mass is 499 g/mol. The number of nitrogen functional groups attached to an aromatic ring is 1. The Labute approximate surface area is 195 Å². The highest BCUT2D eigenvalue weighted by Gasteiger charge is 2.54. The van der Waals surface area contributed by atoms with Crippen LogP contribution < -0.4 is 11.1 Å². The fourth-order valence-electron chi connectivity index (χ4n) is 3.56. The molecule has 0 aromatic carbocycles. The molecule has 3 atom stereocenters. The van der Waals surface area contributed by atoms with Crippen molar-refractivity contribution < 1.29 is 29.1 Å². The van der Waals surface area contributed by atoms with Crippen LogP contribution in [0.3, 0.4) is 0 Å². The molecule has 1 aromatic heterocycles. The first-order valence-corrected chi connectivity index (χ1v) is 12.6. The molecule has 0 aliphatic carbocycles. The summed E-state index contributed by atoms with van der Waals surface area (Å²) >= 11 is 4.21. The summed E-state index contributed by atoms with van der Waals surface area (Å²) in [4.78, 5) is 47.6. The van der Waals surface area contributed by atoms with Gasteiger partial charge in [-0.25, -0.2) is 9.78 Å². The first-order chi connectivity index (χ1) is 15.4. The summed E-state index contributed by atoms with van der Waals surface area (Å²) in [5.74, 6) is -1.30. The molecule has 1 unspecified atom stereocenters. The molecule has 2 fully saturated rings. The number of carbonyl (C=O) groups is 3. The van der Waals surface area contributed by atoms with E-state index in [0.29, 0.717) is 35.5 Å². The van der Waals surface area contributed by atoms with Crippen LogP contribution in [0.1, 0.15) is 12.1 Å². The molecule has 4 N–H and O–H groups in total. The van der Waals surface area contributed by atoms with Gasteiger partial charge in [-0.1, -0.05) is 5.16 Å². The number of nitrogens with zero attached hydrogens (tertiary/aromatic N) is 3. The lowest BCUT2D eigenvalue weighted by Gasteiger charge is -2.49. The van der Waals surface area contributed by atoms with E-state index in [9.17, 15) is 19.5 Å². The Bertz CT molecular complexity index is 990. The van der Waals surface area contributed by atoms with Gasteiger partial charge in [0.05, 0.1) is 6.61 Å². The van der Waals surface area contributed by atoms with Gasteiger partial charge in [-0.3, -0.25) is 14.5 Å². The number of thioether (sulfide) groups is 2. The zero-order valence-electron chi connectivity index (χ0n) is 17.0. The molecule has 2 saturated heterocycles. The summed E-state index contributed by atoms with van der Waals surface area (Å²) in [5.41, 5.74) is 6.45. The van der Waals surface area contributed by atoms with Crippen molar-refractivity contribution in [2.45, 2.75) is 23.1 Å². The largest absolute Gasteiger partial charge is 0.477 e. The van der Waals surface area contributed by atoms with Crippen LogP contribution in [0.4, 0.5) is 5.13 Å². The van der Waals surface area contributed by atoms with Gasteiger partial charge in [-0.15, -0.1) is 23.1 Å². The Balaban J connectivity index is 1.46. The van der Waals surface area contributed by atoms with Gasteiger partial charge in [0.15, 0.2) is 10.8 Å². The molecule has 0 saturated carbocycles. The lowest BCUT2D eigenvalue weighted by atomic mass is 10.0. The predicted octanol–water partition coefficient (Wildman–Crippen LogP) is 0.337. The number of amides is 2. The molecular weight excluding hydrogens is 478 g/mol. The summed E-state index contributed by atoms with van der Waals surface area (Å²) in [6, 6.07) is -0.877. The van der Waals surface area contributed by atoms with Crippen LogP contribution in [0.25, 0.3) is 0 Å². The van der Waals surface area contributed by atoms with Crippen molar-refractivity contribution >= 4 is 63.5 Å². The van der Waals surface area contributed by atoms with E-state index in [2.05, 4.69) is 15.5 Å². The van der Waals surface area contributed by atoms with Crippen LogP contribution >= 0.6 is 34.9 Å². The first kappa shape index (κ1) is 22.9. The van der Waals surface area contributed by atoms with Crippen LogP contribution in [0.2, 0.25) is 0 Å². The highest BCUT2D eigenvalue weighted by atomic mass is 32.2. The van der Waals surface area contributed by atoms with Crippen molar-refractivity contribution in [2.75, 3.05) is 37.6 Å². The van der Waals surface area contributed by atoms with E-state index in [4.69, 9.17) is 15.3 Å². The van der Waals surface area contributed by atoms with Crippen molar-refractivity contribution in [1.29, 1.82) is 0 Å². The number of aliphatic carboxylic acids is 1. The molecule has 0 spiro atoms. The minimum atomic E-state index is -1.15. The van der Waals surface area contributed by atoms with Crippen LogP contribution in [0, 0.1) is 0 Å². The number of carboxylic acid groups (broad SMARTS) is 1. The lowest BCUT2D eigenvalue weighted by Crippen LogP contribution is -2.71. The second kappa shape index (κ2) is 9.68. The number of nitrogens with two attached hydrogens (primary N) is 1. The maximum Gasteiger partial charge on any atom is 0.352 e. The normalized spacial score (nSPS) is 25.4. The van der Waals surface area contributed by atoms with Crippen molar-refractivity contribution in [2.24, 2.45) is 5.16 Å². The quantitative estimate of drug-likeness (QED) is 0.259. The van der Waals surface area contributed by atoms with E-state index in [1.165, 1.54) is 23.8 Å². The van der Waals surface area contributed by atoms with Gasteiger partial charge in [0.2, 0.25) is 0 Å². The fraction of sp³-hybridized carbons (Fsp3) is 0.500. The van der Waals surface area contributed by atoms with E-state index >= 15 is 0 Å². The Kier molecular flexibility index (Phi) is 6.93. The number of aromatic nitrogens is 1. The van der Waals surface area contributed by atoms with Crippen LogP contribution in [0.15, 0.2) is 21.8 Å². The maximum absolute atomic E-state index is 12.8. The molecule has 0 bridgehead atoms. The molecule has 3 aliphatic rings. The van der Waals surface area contributed by atoms with Crippen molar-refractivity contribution in [3.05, 3.63) is 22.3 Å². The molecule has 3 aliphatic heterocycles. The number of oxime groups is 1. The van der Waals surface area contributed by atoms with Crippen LogP contribution in [-0.2, 0) is 24.0 Å². The number of thiazole rings is 1. The van der Waals surface area contributed by atoms with Crippen LogP contribution in [0.5, 0.6) is 0 Å². The second-order valence-corrected chi connectivity index (χ2v) is 10.4. The highest BCUT2D eigenvalue weighted by molar-refractivity contribution is 8.01. The number of hydrogen-bond acceptors (Lipinski definition) is 11. The summed E-state index contributed by atoms with van der Waals surface area (Å²) < 4.78 is 5.37. The number of anilines is 1. The van der Waals surface area contributed by atoms with E-state index in [-0.39, 0.29) is 22.2 Å². The molecule has 11 nitrogen and oxygen atoms in total. The molecule has 4 heterocycles. The van der Waals surface area contributed by atoms with Gasteiger partial charge < -0.3 is 25.7 Å². The average molecular weight is 500 g/mol. The Morgan fingerprint density at radius 2 is 2.34 bits per heavy atom. The standard InChI is InChI=1S/C18H21N5O6S3/c1-28-22-11(10-7-32-18(19)20-10)14(24)21-12-15(25)23-13(17(26)27)8(6-31-16(12)23)5-30-9-2-3-29-4-9/h7,9,12,16H,2-6H2,1H3,(H2,19,20)(H,21,24)(H,26,27)/t9?,12-,16-/m1/s1. The molecule has 2 amide bonds. The third kappa shape index (κ3) is 4.44. The van der Waals surface area contributed by atoms with Gasteiger partial charge in [-0.2, -0.15) is 11.8 Å². The smallest absolute Gasteiger partial charge is 0.352 e. The average Bonchev–Trinajstić information content (AvgIpc) is 3.45. The van der Waals surface area contributed by atoms with Gasteiger partial charge in [0.1, 0.15) is 29.9 Å². The van der Waals surface area contributed by atoms with E-state index < -0.39 is 29.2 Å². The van der Waals surface area contributed by atoms with Gasteiger partial charge >= 0.3 is 5.97 Å². The summed E-state index contributed by atoms with van der Waals surface area (Å²) in [7, 11) is 1.29. The number of fused-ring (bicyclic) bond motifs is 1. The van der Waals surface area contributed by atoms with Gasteiger partial charge in [0, 0.05) is 28.7 Å². The second-order valence-electron chi connectivity index (χ2n) is 7.11. The highest BCUT2D eigenvalue weighted by Crippen LogP contribution is 2.41. The van der Waals surface area contributed by atoms with E-state index in [0.717, 1.165) is 17.8 Å². The molecule has 4 rings (SSSR count). The molecule has 32 heavy (non-hydrogen) atoms. The summed E-state index contributed by atoms with van der Waals surface area (Å²) in [6.45, 7) is 1.37. The van der Waals surface area contributed by atoms with Crippen LogP contribution in [-0.4, -0.2) is 87.0 Å². The van der Waals surface area contributed by atoms with E-state index in [1.54, 1.807) is 17.1 Å². The number of rotatable bonds is 8. The predicted molar refractivity (Wildman–Crippen MR) is 121 cm³/mol. The fourth-order valence-corrected chi connectivity index (χ4v) is 6.71. The minimum Gasteiger partial charge on any atom is -0.477 e. The lowest BCUT2D eigenvalue weighted by molar-refractivity contribution is -0.150. The molecule has 0 radical (unpaired) electrons. The number of hydrogen-bond donors (Lipinski definition) is 3. The third-order valence-electron chi connectivity index (χ3n) is 5.08. The number of ether oxygens (including phenoxy) is 1. The number of β-lactam (4-membered cyclic amide) rings is 1. The Morgan fingerprint density at radius 1 is 1.53 bits per heavy atom. The minimum absolute atomic E-state index is 0.00808. The molecule has 172 valence electrons. The number of carbonyl (C=O) groups excluding carboxylic acids is 2. The van der Waals surface area contributed by atoms with Crippen molar-refractivity contribution in [3.63, 3.8) is 0 Å².